The molecule has 1 amide bonds. The first-order valence-corrected chi connectivity index (χ1v) is 8.77. The normalized spacial score (nSPS) is 10.9. The van der Waals surface area contributed by atoms with Gasteiger partial charge in [0, 0.05) is 23.3 Å². The van der Waals surface area contributed by atoms with E-state index in [-0.39, 0.29) is 5.91 Å². The van der Waals surface area contributed by atoms with Gasteiger partial charge in [-0.1, -0.05) is 24.3 Å². The van der Waals surface area contributed by atoms with Crippen LogP contribution in [-0.4, -0.2) is 27.0 Å². The average molecular weight is 360 g/mol. The van der Waals surface area contributed by atoms with Gasteiger partial charge in [-0.15, -0.1) is 0 Å². The minimum absolute atomic E-state index is 0.200. The molecule has 0 bridgehead atoms. The number of H-pyrrole nitrogens is 1. The Balaban J connectivity index is 1.47. The summed E-state index contributed by atoms with van der Waals surface area (Å²) in [7, 11) is 0. The van der Waals surface area contributed by atoms with Gasteiger partial charge in [0.2, 0.25) is 0 Å². The van der Waals surface area contributed by atoms with Crippen molar-refractivity contribution >= 4 is 22.5 Å². The average Bonchev–Trinajstić information content (AvgIpc) is 3.32. The molecule has 0 aliphatic rings. The van der Waals surface area contributed by atoms with Crippen molar-refractivity contribution in [3.05, 3.63) is 78.5 Å². The summed E-state index contributed by atoms with van der Waals surface area (Å²) in [6.07, 6.45) is 5.36. The third-order valence-electron chi connectivity index (χ3n) is 4.32. The zero-order chi connectivity index (χ0) is 18.6. The molecular formula is C21H20N4O2. The molecule has 4 rings (SSSR count). The van der Waals surface area contributed by atoms with Crippen molar-refractivity contribution < 1.29 is 9.53 Å². The number of nitrogens with zero attached hydrogens (tertiary/aromatic N) is 2. The van der Waals surface area contributed by atoms with Gasteiger partial charge >= 0.3 is 0 Å². The molecule has 0 unspecified atom stereocenters. The molecule has 2 heterocycles. The summed E-state index contributed by atoms with van der Waals surface area (Å²) in [6.45, 7) is 3.19. The summed E-state index contributed by atoms with van der Waals surface area (Å²) in [6, 6.07) is 15.3. The summed E-state index contributed by atoms with van der Waals surface area (Å²) < 4.78 is 7.79. The van der Waals surface area contributed by atoms with Crippen LogP contribution in [0.3, 0.4) is 0 Å². The van der Waals surface area contributed by atoms with Crippen molar-refractivity contribution in [2.45, 2.75) is 13.5 Å². The highest BCUT2D eigenvalue weighted by Crippen LogP contribution is 2.25. The number of hydrogen-bond acceptors (Lipinski definition) is 3. The molecule has 0 aliphatic heterocycles. The third-order valence-corrected chi connectivity index (χ3v) is 4.32. The molecule has 2 N–H and O–H groups in total. The number of para-hydroxylation sites is 2. The van der Waals surface area contributed by atoms with Crippen LogP contribution in [0.4, 0.5) is 5.69 Å². The maximum absolute atomic E-state index is 12.7. The number of fused-ring (bicyclic) bond motifs is 1. The molecule has 27 heavy (non-hydrogen) atoms. The van der Waals surface area contributed by atoms with Gasteiger partial charge in [-0.3, -0.25) is 4.79 Å². The van der Waals surface area contributed by atoms with Crippen molar-refractivity contribution in [1.29, 1.82) is 0 Å². The Labute approximate surface area is 156 Å². The van der Waals surface area contributed by atoms with Crippen molar-refractivity contribution in [1.82, 2.24) is 14.5 Å². The van der Waals surface area contributed by atoms with E-state index in [0.29, 0.717) is 30.3 Å². The predicted octanol–water partition coefficient (Wildman–Crippen LogP) is 4.00. The largest absolute Gasteiger partial charge is 0.490 e. The van der Waals surface area contributed by atoms with E-state index in [9.17, 15) is 4.79 Å². The number of carbonyl (C=O) groups is 1. The molecule has 0 saturated carbocycles. The van der Waals surface area contributed by atoms with E-state index < -0.39 is 0 Å². The number of rotatable bonds is 6. The molecular weight excluding hydrogens is 340 g/mol. The highest BCUT2D eigenvalue weighted by Gasteiger charge is 2.12. The fourth-order valence-electron chi connectivity index (χ4n) is 2.93. The molecule has 2 aromatic carbocycles. The van der Waals surface area contributed by atoms with Crippen LogP contribution in [0.25, 0.3) is 10.9 Å². The van der Waals surface area contributed by atoms with Gasteiger partial charge in [0.25, 0.3) is 5.91 Å². The number of amides is 1. The van der Waals surface area contributed by atoms with E-state index in [2.05, 4.69) is 15.3 Å². The second-order valence-corrected chi connectivity index (χ2v) is 6.37. The van der Waals surface area contributed by atoms with E-state index in [1.165, 1.54) is 0 Å². The number of hydrogen-bond donors (Lipinski definition) is 2. The number of carbonyl (C=O) groups excluding carboxylic acids is 1. The first-order chi connectivity index (χ1) is 13.2. The van der Waals surface area contributed by atoms with Crippen LogP contribution in [0.2, 0.25) is 0 Å². The lowest BCUT2D eigenvalue weighted by Crippen LogP contribution is -2.14. The lowest BCUT2D eigenvalue weighted by atomic mass is 10.2. The number of anilines is 1. The van der Waals surface area contributed by atoms with E-state index in [1.54, 1.807) is 12.5 Å². The summed E-state index contributed by atoms with van der Waals surface area (Å²) in [5.41, 5.74) is 3.25. The lowest BCUT2D eigenvalue weighted by molar-refractivity contribution is 0.102. The molecule has 0 saturated heterocycles. The van der Waals surface area contributed by atoms with Crippen LogP contribution < -0.4 is 10.1 Å². The van der Waals surface area contributed by atoms with Crippen LogP contribution >= 0.6 is 0 Å². The van der Waals surface area contributed by atoms with E-state index >= 15 is 0 Å². The van der Waals surface area contributed by atoms with Gasteiger partial charge in [0.05, 0.1) is 18.6 Å². The number of aromatic nitrogens is 3. The smallest absolute Gasteiger partial charge is 0.272 e. The predicted molar refractivity (Wildman–Crippen MR) is 105 cm³/mol. The number of aryl methyl sites for hydroxylation is 1. The Bertz CT molecular complexity index is 1070. The van der Waals surface area contributed by atoms with E-state index in [1.807, 2.05) is 66.2 Å². The van der Waals surface area contributed by atoms with Gasteiger partial charge in [-0.05, 0) is 36.8 Å². The monoisotopic (exact) mass is 360 g/mol. The second-order valence-electron chi connectivity index (χ2n) is 6.37. The van der Waals surface area contributed by atoms with Gasteiger partial charge in [-0.25, -0.2) is 4.98 Å². The molecule has 0 spiro atoms. The Kier molecular flexibility index (Phi) is 4.61. The minimum Gasteiger partial charge on any atom is -0.490 e. The zero-order valence-electron chi connectivity index (χ0n) is 15.0. The Hall–Kier alpha value is -3.54. The number of benzene rings is 2. The topological polar surface area (TPSA) is 71.9 Å². The highest BCUT2D eigenvalue weighted by molar-refractivity contribution is 6.06. The highest BCUT2D eigenvalue weighted by atomic mass is 16.5. The SMILES string of the molecule is Cc1ccc2cc(C(=O)Nc3ccccc3OCCn3ccnc3)[nH]c2c1. The first kappa shape index (κ1) is 16.9. The molecule has 6 heteroatoms. The maximum Gasteiger partial charge on any atom is 0.272 e. The number of nitrogens with one attached hydrogen (secondary N) is 2. The molecule has 0 radical (unpaired) electrons. The lowest BCUT2D eigenvalue weighted by Gasteiger charge is -2.12. The van der Waals surface area contributed by atoms with Gasteiger partial charge < -0.3 is 19.6 Å². The number of ether oxygens (including phenoxy) is 1. The first-order valence-electron chi connectivity index (χ1n) is 8.77. The third kappa shape index (κ3) is 3.84. The van der Waals surface area contributed by atoms with Crippen molar-refractivity contribution in [3.8, 4) is 5.75 Å². The molecule has 6 nitrogen and oxygen atoms in total. The standard InChI is InChI=1S/C21H20N4O2/c1-15-6-7-16-13-19(23-18(16)12-15)21(26)24-17-4-2-3-5-20(17)27-11-10-25-9-8-22-14-25/h2-9,12-14,23H,10-11H2,1H3,(H,24,26). The molecule has 2 aromatic heterocycles. The number of imidazole rings is 1. The van der Waals surface area contributed by atoms with Gasteiger partial charge in [0.15, 0.2) is 0 Å². The van der Waals surface area contributed by atoms with Crippen LogP contribution in [0, 0.1) is 6.92 Å². The Morgan fingerprint density at radius 3 is 2.96 bits per heavy atom. The van der Waals surface area contributed by atoms with Crippen molar-refractivity contribution in [2.24, 2.45) is 0 Å². The van der Waals surface area contributed by atoms with Crippen molar-refractivity contribution in [2.75, 3.05) is 11.9 Å². The molecule has 0 fully saturated rings. The van der Waals surface area contributed by atoms with E-state index in [0.717, 1.165) is 16.5 Å². The molecule has 136 valence electrons. The van der Waals surface area contributed by atoms with Crippen molar-refractivity contribution in [3.63, 3.8) is 0 Å². The maximum atomic E-state index is 12.7. The van der Waals surface area contributed by atoms with Gasteiger partial charge in [0.1, 0.15) is 18.1 Å². The Morgan fingerprint density at radius 2 is 2.11 bits per heavy atom. The van der Waals surface area contributed by atoms with Gasteiger partial charge in [-0.2, -0.15) is 0 Å². The summed E-state index contributed by atoms with van der Waals surface area (Å²) in [5.74, 6) is 0.437. The minimum atomic E-state index is -0.200. The molecule has 0 aliphatic carbocycles. The van der Waals surface area contributed by atoms with Crippen LogP contribution in [0.1, 0.15) is 16.1 Å². The van der Waals surface area contributed by atoms with Crippen LogP contribution in [-0.2, 0) is 6.54 Å². The molecule has 0 atom stereocenters. The number of aromatic amines is 1. The fourth-order valence-corrected chi connectivity index (χ4v) is 2.93. The van der Waals surface area contributed by atoms with E-state index in [4.69, 9.17) is 4.74 Å². The fraction of sp³-hybridized carbons (Fsp3) is 0.143. The van der Waals surface area contributed by atoms with Crippen LogP contribution in [0.15, 0.2) is 67.3 Å². The summed E-state index contributed by atoms with van der Waals surface area (Å²) in [4.78, 5) is 19.9. The summed E-state index contributed by atoms with van der Waals surface area (Å²) >= 11 is 0. The second kappa shape index (κ2) is 7.37. The Morgan fingerprint density at radius 1 is 1.22 bits per heavy atom. The molecule has 4 aromatic rings. The summed E-state index contributed by atoms with van der Waals surface area (Å²) in [5, 5.41) is 3.94. The zero-order valence-corrected chi connectivity index (χ0v) is 15.0. The quantitative estimate of drug-likeness (QED) is 0.546. The van der Waals surface area contributed by atoms with Crippen LogP contribution in [0.5, 0.6) is 5.75 Å².